The van der Waals surface area contributed by atoms with Crippen LogP contribution < -0.4 is 0 Å². The summed E-state index contributed by atoms with van der Waals surface area (Å²) in [5, 5.41) is 0. The fourth-order valence-electron chi connectivity index (χ4n) is 1.77. The minimum Gasteiger partial charge on any atom is -0.376 e. The zero-order valence-corrected chi connectivity index (χ0v) is 11.1. The summed E-state index contributed by atoms with van der Waals surface area (Å²) in [5.74, 6) is 0.740. The molecule has 0 saturated heterocycles. The molecule has 0 aromatic heterocycles. The van der Waals surface area contributed by atoms with E-state index in [2.05, 4.69) is 38.1 Å². The Labute approximate surface area is 106 Å². The maximum Gasteiger partial charge on any atom is 0.0717 e. The molecule has 0 amide bonds. The first-order chi connectivity index (χ1) is 8.36. The summed E-state index contributed by atoms with van der Waals surface area (Å²) in [4.78, 5) is 0. The second kappa shape index (κ2) is 9.00. The van der Waals surface area contributed by atoms with E-state index in [1.807, 2.05) is 18.2 Å². The minimum atomic E-state index is 0.722. The maximum atomic E-state index is 5.62. The summed E-state index contributed by atoms with van der Waals surface area (Å²) in [5.41, 5.74) is 1.25. The molecule has 0 N–H and O–H groups in total. The van der Waals surface area contributed by atoms with E-state index in [-0.39, 0.29) is 0 Å². The zero-order chi connectivity index (χ0) is 12.3. The number of hydrogen-bond acceptors (Lipinski definition) is 1. The molecular formula is C16H24O. The Balaban J connectivity index is 2.09. The molecule has 0 heterocycles. The molecule has 1 heteroatoms. The van der Waals surface area contributed by atoms with E-state index in [0.29, 0.717) is 0 Å². The lowest BCUT2D eigenvalue weighted by Gasteiger charge is -2.05. The highest BCUT2D eigenvalue weighted by molar-refractivity contribution is 5.13. The third-order valence-electron chi connectivity index (χ3n) is 3.00. The minimum absolute atomic E-state index is 0.722. The average molecular weight is 232 g/mol. The first-order valence-electron chi connectivity index (χ1n) is 6.65. The molecule has 0 aliphatic carbocycles. The summed E-state index contributed by atoms with van der Waals surface area (Å²) < 4.78 is 5.62. The standard InChI is InChI=1S/C16H24O/c1-3-15(4-2)10-8-9-13-17-14-16-11-6-5-7-12-16/h5-8,10-12,15H,3-4,9,13-14H2,1-2H3. The topological polar surface area (TPSA) is 9.23 Å². The van der Waals surface area contributed by atoms with Gasteiger partial charge in [0.2, 0.25) is 0 Å². The van der Waals surface area contributed by atoms with Crippen molar-refractivity contribution in [1.29, 1.82) is 0 Å². The number of rotatable bonds is 8. The Morgan fingerprint density at radius 3 is 2.47 bits per heavy atom. The van der Waals surface area contributed by atoms with Gasteiger partial charge in [-0.15, -0.1) is 0 Å². The highest BCUT2D eigenvalue weighted by Crippen LogP contribution is 2.09. The van der Waals surface area contributed by atoms with Gasteiger partial charge in [0.05, 0.1) is 13.2 Å². The van der Waals surface area contributed by atoms with Crippen LogP contribution in [0.4, 0.5) is 0 Å². The lowest BCUT2D eigenvalue weighted by molar-refractivity contribution is 0.125. The monoisotopic (exact) mass is 232 g/mol. The zero-order valence-electron chi connectivity index (χ0n) is 11.1. The van der Waals surface area contributed by atoms with Gasteiger partial charge in [-0.1, -0.05) is 56.3 Å². The first-order valence-corrected chi connectivity index (χ1v) is 6.65. The third-order valence-corrected chi connectivity index (χ3v) is 3.00. The van der Waals surface area contributed by atoms with Crippen molar-refractivity contribution in [2.24, 2.45) is 5.92 Å². The second-order valence-corrected chi connectivity index (χ2v) is 4.33. The number of hydrogen-bond donors (Lipinski definition) is 0. The summed E-state index contributed by atoms with van der Waals surface area (Å²) >= 11 is 0. The Morgan fingerprint density at radius 1 is 1.12 bits per heavy atom. The van der Waals surface area contributed by atoms with Crippen LogP contribution in [-0.2, 0) is 11.3 Å². The van der Waals surface area contributed by atoms with Crippen LogP contribution in [0.1, 0.15) is 38.7 Å². The van der Waals surface area contributed by atoms with Gasteiger partial charge in [0.1, 0.15) is 0 Å². The Bertz CT molecular complexity index is 299. The average Bonchev–Trinajstić information content (AvgIpc) is 2.39. The lowest BCUT2D eigenvalue weighted by Crippen LogP contribution is -1.95. The van der Waals surface area contributed by atoms with E-state index in [1.54, 1.807) is 0 Å². The normalized spacial score (nSPS) is 11.5. The van der Waals surface area contributed by atoms with Crippen LogP contribution in [0, 0.1) is 5.92 Å². The van der Waals surface area contributed by atoms with Crippen molar-refractivity contribution in [3.8, 4) is 0 Å². The van der Waals surface area contributed by atoms with E-state index in [0.717, 1.165) is 25.6 Å². The number of benzene rings is 1. The fraction of sp³-hybridized carbons (Fsp3) is 0.500. The van der Waals surface area contributed by atoms with Crippen molar-refractivity contribution >= 4 is 0 Å². The molecule has 0 bridgehead atoms. The van der Waals surface area contributed by atoms with E-state index in [4.69, 9.17) is 4.74 Å². The van der Waals surface area contributed by atoms with Gasteiger partial charge in [0.15, 0.2) is 0 Å². The molecule has 17 heavy (non-hydrogen) atoms. The molecule has 0 unspecified atom stereocenters. The van der Waals surface area contributed by atoms with Crippen molar-refractivity contribution in [2.45, 2.75) is 39.7 Å². The van der Waals surface area contributed by atoms with Crippen molar-refractivity contribution in [3.63, 3.8) is 0 Å². The lowest BCUT2D eigenvalue weighted by atomic mass is 10.0. The summed E-state index contributed by atoms with van der Waals surface area (Å²) in [6.45, 7) is 6.01. The quantitative estimate of drug-likeness (QED) is 0.470. The summed E-state index contributed by atoms with van der Waals surface area (Å²) in [6.07, 6.45) is 8.06. The van der Waals surface area contributed by atoms with Crippen molar-refractivity contribution < 1.29 is 4.74 Å². The smallest absolute Gasteiger partial charge is 0.0717 e. The molecule has 0 spiro atoms. The first kappa shape index (κ1) is 14.0. The molecule has 94 valence electrons. The SMILES string of the molecule is CCC(C=CCCOCc1ccccc1)CC. The van der Waals surface area contributed by atoms with Crippen LogP contribution in [-0.4, -0.2) is 6.61 Å². The predicted octanol–water partition coefficient (Wildman–Crippen LogP) is 4.59. The molecule has 0 atom stereocenters. The van der Waals surface area contributed by atoms with Gasteiger partial charge in [-0.25, -0.2) is 0 Å². The maximum absolute atomic E-state index is 5.62. The Morgan fingerprint density at radius 2 is 1.82 bits per heavy atom. The van der Waals surface area contributed by atoms with Gasteiger partial charge in [-0.3, -0.25) is 0 Å². The van der Waals surface area contributed by atoms with E-state index in [9.17, 15) is 0 Å². The highest BCUT2D eigenvalue weighted by atomic mass is 16.5. The third kappa shape index (κ3) is 6.28. The Hall–Kier alpha value is -1.08. The van der Waals surface area contributed by atoms with Crippen molar-refractivity contribution in [3.05, 3.63) is 48.0 Å². The predicted molar refractivity (Wildman–Crippen MR) is 73.9 cm³/mol. The van der Waals surface area contributed by atoms with Crippen LogP contribution in [0.5, 0.6) is 0 Å². The molecule has 0 saturated carbocycles. The van der Waals surface area contributed by atoms with Gasteiger partial charge < -0.3 is 4.74 Å². The van der Waals surface area contributed by atoms with Crippen molar-refractivity contribution in [2.75, 3.05) is 6.61 Å². The molecule has 0 aliphatic rings. The van der Waals surface area contributed by atoms with Gasteiger partial charge in [0, 0.05) is 0 Å². The van der Waals surface area contributed by atoms with Gasteiger partial charge in [0.25, 0.3) is 0 Å². The fourth-order valence-corrected chi connectivity index (χ4v) is 1.77. The molecule has 1 nitrogen and oxygen atoms in total. The Kier molecular flexibility index (Phi) is 7.40. The second-order valence-electron chi connectivity index (χ2n) is 4.33. The van der Waals surface area contributed by atoms with Gasteiger partial charge in [-0.2, -0.15) is 0 Å². The van der Waals surface area contributed by atoms with Crippen LogP contribution in [0.2, 0.25) is 0 Å². The van der Waals surface area contributed by atoms with Gasteiger partial charge in [-0.05, 0) is 30.7 Å². The van der Waals surface area contributed by atoms with Crippen LogP contribution >= 0.6 is 0 Å². The van der Waals surface area contributed by atoms with E-state index < -0.39 is 0 Å². The van der Waals surface area contributed by atoms with Crippen LogP contribution in [0.25, 0.3) is 0 Å². The van der Waals surface area contributed by atoms with Crippen molar-refractivity contribution in [1.82, 2.24) is 0 Å². The number of allylic oxidation sites excluding steroid dienone is 1. The van der Waals surface area contributed by atoms with Crippen LogP contribution in [0.3, 0.4) is 0 Å². The molecule has 0 fully saturated rings. The summed E-state index contributed by atoms with van der Waals surface area (Å²) in [7, 11) is 0. The molecule has 1 rings (SSSR count). The molecule has 0 radical (unpaired) electrons. The number of ether oxygens (including phenoxy) is 1. The molecule has 0 aliphatic heterocycles. The van der Waals surface area contributed by atoms with Crippen LogP contribution in [0.15, 0.2) is 42.5 Å². The molecular weight excluding hydrogens is 208 g/mol. The highest BCUT2D eigenvalue weighted by Gasteiger charge is 1.96. The summed E-state index contributed by atoms with van der Waals surface area (Å²) in [6, 6.07) is 10.3. The molecule has 1 aromatic carbocycles. The van der Waals surface area contributed by atoms with E-state index >= 15 is 0 Å². The largest absolute Gasteiger partial charge is 0.376 e. The van der Waals surface area contributed by atoms with E-state index in [1.165, 1.54) is 18.4 Å². The molecule has 1 aromatic rings. The van der Waals surface area contributed by atoms with Gasteiger partial charge >= 0.3 is 0 Å².